The lowest BCUT2D eigenvalue weighted by Crippen LogP contribution is -2.11. The normalized spacial score (nSPS) is 11.1. The van der Waals surface area contributed by atoms with Gasteiger partial charge in [-0.15, -0.1) is 0 Å². The van der Waals surface area contributed by atoms with E-state index in [0.717, 1.165) is 5.56 Å². The molecular formula is C12H19NO2. The average molecular weight is 209 g/mol. The molecule has 0 aliphatic carbocycles. The Morgan fingerprint density at radius 3 is 2.53 bits per heavy atom. The first-order valence-corrected chi connectivity index (χ1v) is 5.33. The summed E-state index contributed by atoms with van der Waals surface area (Å²) in [4.78, 5) is 11.2. The fourth-order valence-electron chi connectivity index (χ4n) is 1.19. The molecule has 0 aliphatic rings. The van der Waals surface area contributed by atoms with Crippen LogP contribution in [0.4, 0.5) is 0 Å². The Morgan fingerprint density at radius 2 is 2.07 bits per heavy atom. The van der Waals surface area contributed by atoms with E-state index >= 15 is 0 Å². The van der Waals surface area contributed by atoms with Gasteiger partial charge in [-0.2, -0.15) is 0 Å². The van der Waals surface area contributed by atoms with Gasteiger partial charge in [0.2, 0.25) is 0 Å². The molecule has 0 saturated heterocycles. The molecule has 3 heteroatoms. The molecule has 0 bridgehead atoms. The van der Waals surface area contributed by atoms with Crippen molar-refractivity contribution in [1.29, 1.82) is 0 Å². The summed E-state index contributed by atoms with van der Waals surface area (Å²) < 4.78 is 7.23. The molecule has 0 radical (unpaired) electrons. The molecule has 0 aromatic carbocycles. The summed E-state index contributed by atoms with van der Waals surface area (Å²) in [5.74, 6) is -0.204. The van der Waals surface area contributed by atoms with Crippen LogP contribution < -0.4 is 0 Å². The third-order valence-electron chi connectivity index (χ3n) is 2.22. The molecule has 1 heterocycles. The largest absolute Gasteiger partial charge is 0.461 e. The van der Waals surface area contributed by atoms with Crippen LogP contribution in [0.25, 0.3) is 0 Å². The second-order valence-corrected chi connectivity index (χ2v) is 4.32. The topological polar surface area (TPSA) is 31.2 Å². The van der Waals surface area contributed by atoms with Crippen LogP contribution in [0.5, 0.6) is 0 Å². The molecule has 0 unspecified atom stereocenters. The van der Waals surface area contributed by atoms with Crippen molar-refractivity contribution >= 4 is 5.97 Å². The van der Waals surface area contributed by atoms with Crippen molar-refractivity contribution in [1.82, 2.24) is 4.57 Å². The summed E-state index contributed by atoms with van der Waals surface area (Å²) in [7, 11) is 0. The number of hydrogen-bond donors (Lipinski definition) is 0. The Bertz CT molecular complexity index is 326. The number of aromatic nitrogens is 1. The molecule has 0 amide bonds. The Kier molecular flexibility index (Phi) is 3.95. The van der Waals surface area contributed by atoms with E-state index in [1.54, 1.807) is 0 Å². The highest BCUT2D eigenvalue weighted by Gasteiger charge is 2.08. The molecule has 1 aromatic rings. The predicted molar refractivity (Wildman–Crippen MR) is 59.5 cm³/mol. The van der Waals surface area contributed by atoms with Crippen LogP contribution in [0, 0.1) is 5.92 Å². The highest BCUT2D eigenvalue weighted by molar-refractivity contribution is 5.71. The van der Waals surface area contributed by atoms with Crippen LogP contribution in [-0.4, -0.2) is 10.5 Å². The zero-order valence-electron chi connectivity index (χ0n) is 9.86. The van der Waals surface area contributed by atoms with Crippen LogP contribution in [0.1, 0.15) is 39.3 Å². The quantitative estimate of drug-likeness (QED) is 0.714. The summed E-state index contributed by atoms with van der Waals surface area (Å²) >= 11 is 0. The van der Waals surface area contributed by atoms with Gasteiger partial charge in [0, 0.05) is 24.0 Å². The lowest BCUT2D eigenvalue weighted by Gasteiger charge is -2.07. The van der Waals surface area contributed by atoms with Crippen molar-refractivity contribution in [3.05, 3.63) is 24.0 Å². The first-order chi connectivity index (χ1) is 7.00. The summed E-state index contributed by atoms with van der Waals surface area (Å²) in [6, 6.07) is 2.42. The van der Waals surface area contributed by atoms with E-state index in [4.69, 9.17) is 4.74 Å². The van der Waals surface area contributed by atoms with Crippen molar-refractivity contribution in [2.24, 2.45) is 5.92 Å². The predicted octanol–water partition coefficient (Wildman–Crippen LogP) is 2.77. The Labute approximate surface area is 91.0 Å². The zero-order valence-corrected chi connectivity index (χ0v) is 9.86. The Morgan fingerprint density at radius 1 is 1.40 bits per heavy atom. The summed E-state index contributed by atoms with van der Waals surface area (Å²) in [6.45, 7) is 8.27. The van der Waals surface area contributed by atoms with E-state index in [-0.39, 0.29) is 11.9 Å². The van der Waals surface area contributed by atoms with Crippen LogP contribution in [0.3, 0.4) is 0 Å². The molecule has 0 atom stereocenters. The minimum atomic E-state index is -0.146. The maximum absolute atomic E-state index is 11.2. The minimum absolute atomic E-state index is 0.0582. The van der Waals surface area contributed by atoms with Crippen molar-refractivity contribution < 1.29 is 9.53 Å². The van der Waals surface area contributed by atoms with Gasteiger partial charge in [0.15, 0.2) is 0 Å². The van der Waals surface area contributed by atoms with Crippen LogP contribution in [0.2, 0.25) is 0 Å². The standard InChI is InChI=1S/C12H19NO2/c1-9(2)12(14)15-8-11-5-6-13(7-11)10(3)4/h5-7,9-10H,8H2,1-4H3. The number of carbonyl (C=O) groups excluding carboxylic acids is 1. The van der Waals surface area contributed by atoms with Gasteiger partial charge in [0.1, 0.15) is 6.61 Å². The highest BCUT2D eigenvalue weighted by Crippen LogP contribution is 2.10. The first-order valence-electron chi connectivity index (χ1n) is 5.33. The fourth-order valence-corrected chi connectivity index (χ4v) is 1.19. The molecule has 15 heavy (non-hydrogen) atoms. The number of esters is 1. The van der Waals surface area contributed by atoms with E-state index in [0.29, 0.717) is 12.6 Å². The molecule has 1 rings (SSSR count). The molecular weight excluding hydrogens is 190 g/mol. The number of nitrogens with zero attached hydrogens (tertiary/aromatic N) is 1. The second kappa shape index (κ2) is 5.01. The van der Waals surface area contributed by atoms with Gasteiger partial charge in [-0.25, -0.2) is 0 Å². The number of rotatable bonds is 4. The highest BCUT2D eigenvalue weighted by atomic mass is 16.5. The van der Waals surface area contributed by atoms with E-state index in [1.165, 1.54) is 0 Å². The first kappa shape index (κ1) is 11.8. The van der Waals surface area contributed by atoms with Gasteiger partial charge < -0.3 is 9.30 Å². The van der Waals surface area contributed by atoms with Crippen LogP contribution >= 0.6 is 0 Å². The molecule has 0 aliphatic heterocycles. The van der Waals surface area contributed by atoms with E-state index in [1.807, 2.05) is 32.3 Å². The maximum Gasteiger partial charge on any atom is 0.308 e. The lowest BCUT2D eigenvalue weighted by atomic mass is 10.2. The molecule has 0 saturated carbocycles. The summed E-state index contributed by atoms with van der Waals surface area (Å²) in [5, 5.41) is 0. The van der Waals surface area contributed by atoms with Crippen molar-refractivity contribution in [3.8, 4) is 0 Å². The molecule has 0 N–H and O–H groups in total. The van der Waals surface area contributed by atoms with E-state index in [9.17, 15) is 4.79 Å². The third kappa shape index (κ3) is 3.42. The molecule has 0 fully saturated rings. The van der Waals surface area contributed by atoms with Gasteiger partial charge >= 0.3 is 5.97 Å². The minimum Gasteiger partial charge on any atom is -0.461 e. The Hall–Kier alpha value is -1.25. The van der Waals surface area contributed by atoms with Gasteiger partial charge in [-0.05, 0) is 19.9 Å². The Balaban J connectivity index is 2.48. The SMILES string of the molecule is CC(C)C(=O)OCc1ccn(C(C)C)c1. The number of hydrogen-bond acceptors (Lipinski definition) is 2. The van der Waals surface area contributed by atoms with Crippen LogP contribution in [0.15, 0.2) is 18.5 Å². The monoisotopic (exact) mass is 209 g/mol. The second-order valence-electron chi connectivity index (χ2n) is 4.32. The van der Waals surface area contributed by atoms with Crippen molar-refractivity contribution in [2.75, 3.05) is 0 Å². The van der Waals surface area contributed by atoms with Gasteiger partial charge in [-0.1, -0.05) is 13.8 Å². The molecule has 1 aromatic heterocycles. The number of ether oxygens (including phenoxy) is 1. The molecule has 84 valence electrons. The molecule has 0 spiro atoms. The van der Waals surface area contributed by atoms with Crippen molar-refractivity contribution in [3.63, 3.8) is 0 Å². The fraction of sp³-hybridized carbons (Fsp3) is 0.583. The summed E-state index contributed by atoms with van der Waals surface area (Å²) in [6.07, 6.45) is 4.02. The molecule has 3 nitrogen and oxygen atoms in total. The van der Waals surface area contributed by atoms with Gasteiger partial charge in [0.05, 0.1) is 5.92 Å². The maximum atomic E-state index is 11.2. The smallest absolute Gasteiger partial charge is 0.308 e. The zero-order chi connectivity index (χ0) is 11.4. The lowest BCUT2D eigenvalue weighted by molar-refractivity contribution is -0.148. The van der Waals surface area contributed by atoms with Gasteiger partial charge in [-0.3, -0.25) is 4.79 Å². The van der Waals surface area contributed by atoms with E-state index < -0.39 is 0 Å². The van der Waals surface area contributed by atoms with E-state index in [2.05, 4.69) is 18.4 Å². The van der Waals surface area contributed by atoms with Crippen LogP contribution in [-0.2, 0) is 16.1 Å². The average Bonchev–Trinajstić information content (AvgIpc) is 2.62. The number of carbonyl (C=O) groups is 1. The van der Waals surface area contributed by atoms with Gasteiger partial charge in [0.25, 0.3) is 0 Å². The third-order valence-corrected chi connectivity index (χ3v) is 2.22. The summed E-state index contributed by atoms with van der Waals surface area (Å²) in [5.41, 5.74) is 1.04. The van der Waals surface area contributed by atoms with Crippen molar-refractivity contribution in [2.45, 2.75) is 40.3 Å².